The first kappa shape index (κ1) is 13.5. The fourth-order valence-electron chi connectivity index (χ4n) is 1.15. The van der Waals surface area contributed by atoms with Gasteiger partial charge in [-0.25, -0.2) is 9.18 Å². The first-order chi connectivity index (χ1) is 7.64. The minimum Gasteiger partial charge on any atom is -0.478 e. The zero-order chi connectivity index (χ0) is 13.4. The third kappa shape index (κ3) is 2.74. The van der Waals surface area contributed by atoms with Crippen molar-refractivity contribution in [3.05, 3.63) is 29.1 Å². The first-order valence-corrected chi connectivity index (χ1v) is 4.14. The lowest BCUT2D eigenvalue weighted by molar-refractivity contribution is -0.137. The van der Waals surface area contributed by atoms with Gasteiger partial charge in [-0.05, 0) is 12.1 Å². The number of carboxylic acid groups (broad SMARTS) is 1. The van der Waals surface area contributed by atoms with Crippen LogP contribution in [0.2, 0.25) is 0 Å². The van der Waals surface area contributed by atoms with Crippen LogP contribution < -0.4 is 5.46 Å². The van der Waals surface area contributed by atoms with E-state index in [-0.39, 0.29) is 12.1 Å². The molecule has 0 aromatic heterocycles. The summed E-state index contributed by atoms with van der Waals surface area (Å²) in [6, 6.07) is 0.232. The molecule has 0 unspecified atom stereocenters. The van der Waals surface area contributed by atoms with Crippen LogP contribution in [0.3, 0.4) is 0 Å². The van der Waals surface area contributed by atoms with E-state index in [0.717, 1.165) is 0 Å². The Labute approximate surface area is 92.3 Å². The first-order valence-electron chi connectivity index (χ1n) is 4.14. The van der Waals surface area contributed by atoms with Crippen LogP contribution in [-0.2, 0) is 6.18 Å². The third-order valence-corrected chi connectivity index (χ3v) is 1.94. The Kier molecular flexibility index (Phi) is 3.44. The quantitative estimate of drug-likeness (QED) is 0.519. The highest BCUT2D eigenvalue weighted by Crippen LogP contribution is 2.29. The average Bonchev–Trinajstić information content (AvgIpc) is 2.14. The molecule has 92 valence electrons. The highest BCUT2D eigenvalue weighted by molar-refractivity contribution is 6.58. The molecule has 0 spiro atoms. The van der Waals surface area contributed by atoms with E-state index in [1.807, 2.05) is 0 Å². The molecule has 1 rings (SSSR count). The van der Waals surface area contributed by atoms with E-state index in [1.54, 1.807) is 0 Å². The van der Waals surface area contributed by atoms with Crippen LogP contribution >= 0.6 is 0 Å². The molecule has 0 radical (unpaired) electrons. The van der Waals surface area contributed by atoms with E-state index in [1.165, 1.54) is 0 Å². The van der Waals surface area contributed by atoms with Gasteiger partial charge in [0, 0.05) is 5.46 Å². The minimum atomic E-state index is -4.92. The second kappa shape index (κ2) is 4.34. The van der Waals surface area contributed by atoms with Crippen LogP contribution in [0.5, 0.6) is 0 Å². The zero-order valence-corrected chi connectivity index (χ0v) is 7.99. The number of benzene rings is 1. The maximum Gasteiger partial charge on any atom is 0.491 e. The summed E-state index contributed by atoms with van der Waals surface area (Å²) in [5.74, 6) is -3.55. The summed E-state index contributed by atoms with van der Waals surface area (Å²) >= 11 is 0. The number of carboxylic acids is 1. The molecule has 0 aliphatic heterocycles. The predicted molar refractivity (Wildman–Crippen MR) is 48.2 cm³/mol. The molecule has 17 heavy (non-hydrogen) atoms. The van der Waals surface area contributed by atoms with Crippen molar-refractivity contribution >= 4 is 18.6 Å². The van der Waals surface area contributed by atoms with Gasteiger partial charge in [0.05, 0.1) is 11.1 Å². The van der Waals surface area contributed by atoms with Crippen molar-refractivity contribution in [2.45, 2.75) is 6.18 Å². The lowest BCUT2D eigenvalue weighted by Crippen LogP contribution is -2.35. The molecule has 1 aromatic carbocycles. The van der Waals surface area contributed by atoms with Crippen LogP contribution in [-0.4, -0.2) is 28.2 Å². The molecule has 0 saturated heterocycles. The van der Waals surface area contributed by atoms with E-state index >= 15 is 0 Å². The second-order valence-corrected chi connectivity index (χ2v) is 3.10. The van der Waals surface area contributed by atoms with E-state index in [4.69, 9.17) is 15.2 Å². The van der Waals surface area contributed by atoms with E-state index in [0.29, 0.717) is 0 Å². The molecule has 0 atom stereocenters. The van der Waals surface area contributed by atoms with Gasteiger partial charge in [0.1, 0.15) is 5.82 Å². The Hall–Kier alpha value is -1.61. The smallest absolute Gasteiger partial charge is 0.478 e. The topological polar surface area (TPSA) is 77.8 Å². The van der Waals surface area contributed by atoms with Crippen LogP contribution in [0.25, 0.3) is 0 Å². The van der Waals surface area contributed by atoms with Gasteiger partial charge in [-0.1, -0.05) is 0 Å². The van der Waals surface area contributed by atoms with Gasteiger partial charge >= 0.3 is 19.3 Å². The Morgan fingerprint density at radius 1 is 1.24 bits per heavy atom. The zero-order valence-electron chi connectivity index (χ0n) is 7.99. The Morgan fingerprint density at radius 3 is 2.12 bits per heavy atom. The largest absolute Gasteiger partial charge is 0.491 e. The molecule has 0 bridgehead atoms. The summed E-state index contributed by atoms with van der Waals surface area (Å²) in [6.07, 6.45) is -4.92. The van der Waals surface area contributed by atoms with Crippen molar-refractivity contribution in [2.24, 2.45) is 0 Å². The van der Waals surface area contributed by atoms with Gasteiger partial charge < -0.3 is 15.2 Å². The van der Waals surface area contributed by atoms with Crippen LogP contribution in [0.4, 0.5) is 17.6 Å². The van der Waals surface area contributed by atoms with Gasteiger partial charge in [0.15, 0.2) is 0 Å². The number of halogens is 4. The van der Waals surface area contributed by atoms with Crippen molar-refractivity contribution < 1.29 is 37.5 Å². The highest BCUT2D eigenvalue weighted by Gasteiger charge is 2.35. The molecule has 3 N–H and O–H groups in total. The maximum absolute atomic E-state index is 13.3. The van der Waals surface area contributed by atoms with Crippen LogP contribution in [0.1, 0.15) is 15.9 Å². The standard InChI is InChI=1S/C8H5BF4O4/c10-6-4(7(14)15)1-3(8(11,12)13)2-5(6)9(16)17/h1-2,16-17H,(H,14,15). The molecular formula is C8H5BF4O4. The fraction of sp³-hybridized carbons (Fsp3) is 0.125. The predicted octanol–water partition coefficient (Wildman–Crippen LogP) is 0.222. The van der Waals surface area contributed by atoms with Crippen molar-refractivity contribution in [3.63, 3.8) is 0 Å². The fourth-order valence-corrected chi connectivity index (χ4v) is 1.15. The molecule has 1 aromatic rings. The molecule has 0 amide bonds. The summed E-state index contributed by atoms with van der Waals surface area (Å²) in [5, 5.41) is 25.8. The Morgan fingerprint density at radius 2 is 1.76 bits per heavy atom. The third-order valence-electron chi connectivity index (χ3n) is 1.94. The van der Waals surface area contributed by atoms with Gasteiger partial charge in [-0.15, -0.1) is 0 Å². The number of alkyl halides is 3. The molecule has 0 aliphatic rings. The van der Waals surface area contributed by atoms with Crippen molar-refractivity contribution in [2.75, 3.05) is 0 Å². The monoisotopic (exact) mass is 252 g/mol. The summed E-state index contributed by atoms with van der Waals surface area (Å²) in [5.41, 5.74) is -3.89. The number of rotatable bonds is 2. The Balaban J connectivity index is 3.53. The van der Waals surface area contributed by atoms with Gasteiger partial charge in [-0.3, -0.25) is 0 Å². The lowest BCUT2D eigenvalue weighted by Gasteiger charge is -2.11. The van der Waals surface area contributed by atoms with Crippen LogP contribution in [0.15, 0.2) is 12.1 Å². The summed E-state index contributed by atoms with van der Waals surface area (Å²) in [7, 11) is -2.53. The Bertz CT molecular complexity index is 458. The van der Waals surface area contributed by atoms with Crippen molar-refractivity contribution in [1.29, 1.82) is 0 Å². The van der Waals surface area contributed by atoms with Gasteiger partial charge in [0.25, 0.3) is 0 Å². The van der Waals surface area contributed by atoms with Gasteiger partial charge in [0.2, 0.25) is 0 Å². The summed E-state index contributed by atoms with van der Waals surface area (Å²) in [4.78, 5) is 10.5. The summed E-state index contributed by atoms with van der Waals surface area (Å²) < 4.78 is 50.3. The number of hydrogen-bond acceptors (Lipinski definition) is 3. The van der Waals surface area contributed by atoms with E-state index in [9.17, 15) is 22.4 Å². The van der Waals surface area contributed by atoms with Crippen molar-refractivity contribution in [3.8, 4) is 0 Å². The lowest BCUT2D eigenvalue weighted by atomic mass is 9.78. The number of hydrogen-bond donors (Lipinski definition) is 3. The SMILES string of the molecule is O=C(O)c1cc(C(F)(F)F)cc(B(O)O)c1F. The second-order valence-electron chi connectivity index (χ2n) is 3.10. The molecule has 0 saturated carbocycles. The van der Waals surface area contributed by atoms with E-state index in [2.05, 4.69) is 0 Å². The molecular weight excluding hydrogens is 247 g/mol. The normalized spacial score (nSPS) is 11.4. The van der Waals surface area contributed by atoms with Gasteiger partial charge in [-0.2, -0.15) is 13.2 Å². The number of aromatic carboxylic acids is 1. The molecule has 0 fully saturated rings. The average molecular weight is 252 g/mol. The highest BCUT2D eigenvalue weighted by atomic mass is 19.4. The molecule has 9 heteroatoms. The van der Waals surface area contributed by atoms with Crippen molar-refractivity contribution in [1.82, 2.24) is 0 Å². The minimum absolute atomic E-state index is 0.0869. The molecule has 0 aliphatic carbocycles. The van der Waals surface area contributed by atoms with Crippen LogP contribution in [0, 0.1) is 5.82 Å². The van der Waals surface area contributed by atoms with E-state index < -0.39 is 41.7 Å². The maximum atomic E-state index is 13.3. The summed E-state index contributed by atoms with van der Waals surface area (Å²) in [6.45, 7) is 0. The molecule has 4 nitrogen and oxygen atoms in total. The molecule has 0 heterocycles. The number of carbonyl (C=O) groups is 1.